The number of para-hydroxylation sites is 2. The van der Waals surface area contributed by atoms with E-state index >= 15 is 0 Å². The van der Waals surface area contributed by atoms with Crippen LogP contribution in [0.1, 0.15) is 6.92 Å². The molecule has 102 valence electrons. The number of urea groups is 1. The Morgan fingerprint density at radius 1 is 1.21 bits per heavy atom. The molecule has 0 atom stereocenters. The Hall–Kier alpha value is -2.35. The van der Waals surface area contributed by atoms with E-state index < -0.39 is 0 Å². The first-order chi connectivity index (χ1) is 9.27. The maximum absolute atomic E-state index is 11.0. The fraction of sp³-hybridized carbons (Fsp3) is 0.357. The lowest BCUT2D eigenvalue weighted by molar-refractivity contribution is 0.242. The van der Waals surface area contributed by atoms with Gasteiger partial charge in [-0.05, 0) is 19.1 Å². The molecule has 0 aliphatic heterocycles. The van der Waals surface area contributed by atoms with Crippen LogP contribution in [-0.2, 0) is 0 Å². The standard InChI is InChI=1S/C14H18N2O3/c1-3-15-14(17)16-10-6-7-11-19-13-9-5-4-8-12(13)18-2/h4-5,8-9H,3,10-11H2,1-2H3,(H2,15,16,17). The van der Waals surface area contributed by atoms with Crippen LogP contribution >= 0.6 is 0 Å². The Kier molecular flexibility index (Phi) is 6.73. The number of carbonyl (C=O) groups excluding carboxylic acids is 1. The lowest BCUT2D eigenvalue weighted by Crippen LogP contribution is -2.35. The molecule has 1 aromatic rings. The van der Waals surface area contributed by atoms with Crippen LogP contribution in [0.4, 0.5) is 4.79 Å². The lowest BCUT2D eigenvalue weighted by Gasteiger charge is -2.07. The van der Waals surface area contributed by atoms with Gasteiger partial charge in [0.05, 0.1) is 13.7 Å². The minimum absolute atomic E-state index is 0.220. The highest BCUT2D eigenvalue weighted by Crippen LogP contribution is 2.25. The second kappa shape index (κ2) is 8.70. The van der Waals surface area contributed by atoms with Crippen LogP contribution in [0.25, 0.3) is 0 Å². The summed E-state index contributed by atoms with van der Waals surface area (Å²) in [6.45, 7) is 2.99. The molecular formula is C14H18N2O3. The number of rotatable bonds is 5. The predicted octanol–water partition coefficient (Wildman–Crippen LogP) is 1.40. The average Bonchev–Trinajstić information content (AvgIpc) is 2.43. The monoisotopic (exact) mass is 262 g/mol. The number of methoxy groups -OCH3 is 1. The molecule has 0 aliphatic rings. The van der Waals surface area contributed by atoms with Crippen molar-refractivity contribution in [1.82, 2.24) is 10.6 Å². The van der Waals surface area contributed by atoms with Gasteiger partial charge in [0.25, 0.3) is 0 Å². The van der Waals surface area contributed by atoms with E-state index in [9.17, 15) is 4.79 Å². The van der Waals surface area contributed by atoms with Crippen molar-refractivity contribution in [3.8, 4) is 23.3 Å². The van der Waals surface area contributed by atoms with Gasteiger partial charge in [0.15, 0.2) is 11.5 Å². The summed E-state index contributed by atoms with van der Waals surface area (Å²) in [5.74, 6) is 6.93. The van der Waals surface area contributed by atoms with Crippen LogP contribution in [0, 0.1) is 11.8 Å². The highest BCUT2D eigenvalue weighted by atomic mass is 16.5. The van der Waals surface area contributed by atoms with Crippen molar-refractivity contribution in [2.75, 3.05) is 26.8 Å². The van der Waals surface area contributed by atoms with E-state index in [1.807, 2.05) is 31.2 Å². The van der Waals surface area contributed by atoms with E-state index in [4.69, 9.17) is 9.47 Å². The van der Waals surface area contributed by atoms with Crippen LogP contribution in [0.3, 0.4) is 0 Å². The van der Waals surface area contributed by atoms with Crippen molar-refractivity contribution in [3.63, 3.8) is 0 Å². The van der Waals surface area contributed by atoms with Gasteiger partial charge in [-0.1, -0.05) is 24.0 Å². The summed E-state index contributed by atoms with van der Waals surface area (Å²) in [6, 6.07) is 7.14. The van der Waals surface area contributed by atoms with Gasteiger partial charge in [-0.15, -0.1) is 0 Å². The molecule has 0 aliphatic carbocycles. The van der Waals surface area contributed by atoms with Gasteiger partial charge in [-0.2, -0.15) is 0 Å². The first kappa shape index (κ1) is 14.7. The molecule has 0 radical (unpaired) electrons. The van der Waals surface area contributed by atoms with Crippen LogP contribution in [0.15, 0.2) is 24.3 Å². The third-order valence-electron chi connectivity index (χ3n) is 2.17. The van der Waals surface area contributed by atoms with Crippen molar-refractivity contribution in [3.05, 3.63) is 24.3 Å². The number of nitrogens with one attached hydrogen (secondary N) is 2. The number of hydrogen-bond donors (Lipinski definition) is 2. The van der Waals surface area contributed by atoms with E-state index in [0.717, 1.165) is 0 Å². The van der Waals surface area contributed by atoms with Gasteiger partial charge in [0.2, 0.25) is 0 Å². The van der Waals surface area contributed by atoms with Crippen LogP contribution in [0.5, 0.6) is 11.5 Å². The second-order valence-corrected chi connectivity index (χ2v) is 3.51. The zero-order valence-electron chi connectivity index (χ0n) is 11.2. The van der Waals surface area contributed by atoms with Crippen molar-refractivity contribution in [2.45, 2.75) is 6.92 Å². The van der Waals surface area contributed by atoms with Gasteiger partial charge in [-0.25, -0.2) is 4.79 Å². The largest absolute Gasteiger partial charge is 0.493 e. The van der Waals surface area contributed by atoms with E-state index in [0.29, 0.717) is 24.6 Å². The Balaban J connectivity index is 2.29. The van der Waals surface area contributed by atoms with Crippen molar-refractivity contribution in [1.29, 1.82) is 0 Å². The molecule has 0 unspecified atom stereocenters. The first-order valence-electron chi connectivity index (χ1n) is 6.01. The van der Waals surface area contributed by atoms with E-state index in [2.05, 4.69) is 22.5 Å². The smallest absolute Gasteiger partial charge is 0.315 e. The van der Waals surface area contributed by atoms with Gasteiger partial charge < -0.3 is 20.1 Å². The molecule has 0 spiro atoms. The Labute approximate surface area is 113 Å². The van der Waals surface area contributed by atoms with Crippen LogP contribution in [-0.4, -0.2) is 32.8 Å². The van der Waals surface area contributed by atoms with Gasteiger partial charge >= 0.3 is 6.03 Å². The van der Waals surface area contributed by atoms with Gasteiger partial charge in [0.1, 0.15) is 6.61 Å². The molecule has 0 aromatic heterocycles. The molecule has 0 fully saturated rings. The minimum Gasteiger partial charge on any atom is -0.493 e. The first-order valence-corrected chi connectivity index (χ1v) is 6.01. The van der Waals surface area contributed by atoms with Crippen LogP contribution in [0.2, 0.25) is 0 Å². The van der Waals surface area contributed by atoms with Crippen molar-refractivity contribution < 1.29 is 14.3 Å². The SMILES string of the molecule is CCNC(=O)NCC#CCOc1ccccc1OC. The summed E-state index contributed by atoms with van der Waals surface area (Å²) >= 11 is 0. The molecule has 2 N–H and O–H groups in total. The Bertz CT molecular complexity index is 463. The second-order valence-electron chi connectivity index (χ2n) is 3.51. The molecule has 0 saturated heterocycles. The Morgan fingerprint density at radius 2 is 1.95 bits per heavy atom. The predicted molar refractivity (Wildman–Crippen MR) is 73.3 cm³/mol. The van der Waals surface area contributed by atoms with E-state index in [1.54, 1.807) is 7.11 Å². The fourth-order valence-corrected chi connectivity index (χ4v) is 1.31. The van der Waals surface area contributed by atoms with Gasteiger partial charge in [-0.3, -0.25) is 0 Å². The number of hydrogen-bond acceptors (Lipinski definition) is 3. The summed E-state index contributed by atoms with van der Waals surface area (Å²) in [5.41, 5.74) is 0. The van der Waals surface area contributed by atoms with Crippen molar-refractivity contribution >= 4 is 6.03 Å². The van der Waals surface area contributed by atoms with E-state index in [-0.39, 0.29) is 12.6 Å². The third kappa shape index (κ3) is 5.68. The average molecular weight is 262 g/mol. The number of carbonyl (C=O) groups is 1. The highest BCUT2D eigenvalue weighted by Gasteiger charge is 2.00. The number of amides is 2. The zero-order valence-corrected chi connectivity index (χ0v) is 11.2. The number of ether oxygens (including phenoxy) is 2. The molecule has 1 aromatic carbocycles. The molecule has 0 bridgehead atoms. The molecule has 0 heterocycles. The zero-order chi connectivity index (χ0) is 13.9. The molecule has 5 nitrogen and oxygen atoms in total. The van der Waals surface area contributed by atoms with Crippen LogP contribution < -0.4 is 20.1 Å². The topological polar surface area (TPSA) is 59.6 Å². The molecule has 5 heteroatoms. The summed E-state index contributed by atoms with van der Waals surface area (Å²) < 4.78 is 10.6. The fourth-order valence-electron chi connectivity index (χ4n) is 1.31. The normalized spacial score (nSPS) is 8.95. The summed E-state index contributed by atoms with van der Waals surface area (Å²) in [7, 11) is 1.59. The summed E-state index contributed by atoms with van der Waals surface area (Å²) in [5, 5.41) is 5.21. The van der Waals surface area contributed by atoms with E-state index in [1.165, 1.54) is 0 Å². The number of benzene rings is 1. The lowest BCUT2D eigenvalue weighted by atomic mass is 10.3. The quantitative estimate of drug-likeness (QED) is 0.788. The maximum Gasteiger partial charge on any atom is 0.315 e. The highest BCUT2D eigenvalue weighted by molar-refractivity contribution is 5.73. The Morgan fingerprint density at radius 3 is 2.63 bits per heavy atom. The molecule has 2 amide bonds. The minimum atomic E-state index is -0.220. The maximum atomic E-state index is 11.0. The van der Waals surface area contributed by atoms with Crippen molar-refractivity contribution in [2.24, 2.45) is 0 Å². The molecular weight excluding hydrogens is 244 g/mol. The molecule has 1 rings (SSSR count). The summed E-state index contributed by atoms with van der Waals surface area (Å²) in [6.07, 6.45) is 0. The van der Waals surface area contributed by atoms with Gasteiger partial charge in [0, 0.05) is 6.54 Å². The molecule has 19 heavy (non-hydrogen) atoms. The molecule has 0 saturated carbocycles. The third-order valence-corrected chi connectivity index (χ3v) is 2.17. The summed E-state index contributed by atoms with van der Waals surface area (Å²) in [4.78, 5) is 11.0.